The molecule has 1 aliphatic rings. The molecule has 158 valence electrons. The highest BCUT2D eigenvalue weighted by molar-refractivity contribution is 6.35. The zero-order valence-corrected chi connectivity index (χ0v) is 18.7. The van der Waals surface area contributed by atoms with Gasteiger partial charge in [0, 0.05) is 23.6 Å². The Morgan fingerprint density at radius 2 is 1.65 bits per heavy atom. The smallest absolute Gasteiger partial charge is 0.153 e. The molecule has 0 fully saturated rings. The molecule has 4 rings (SSSR count). The largest absolute Gasteiger partial charge is 0.455 e. The Morgan fingerprint density at radius 1 is 0.968 bits per heavy atom. The Kier molecular flexibility index (Phi) is 6.26. The molecule has 3 aromatic carbocycles. The first-order valence-corrected chi connectivity index (χ1v) is 10.7. The predicted molar refractivity (Wildman–Crippen MR) is 126 cm³/mol. The van der Waals surface area contributed by atoms with Crippen molar-refractivity contribution in [2.45, 2.75) is 12.8 Å². The minimum Gasteiger partial charge on any atom is -0.455 e. The number of benzene rings is 3. The molecule has 3 aromatic rings. The van der Waals surface area contributed by atoms with Crippen LogP contribution in [0, 0.1) is 12.7 Å². The summed E-state index contributed by atoms with van der Waals surface area (Å²) in [5.41, 5.74) is 5.00. The maximum absolute atomic E-state index is 13.7. The average Bonchev–Trinajstić information content (AvgIpc) is 2.88. The molecule has 0 radical (unpaired) electrons. The number of rotatable bonds is 4. The van der Waals surface area contributed by atoms with Crippen LogP contribution in [0.25, 0.3) is 5.76 Å². The molecule has 31 heavy (non-hydrogen) atoms. The molecule has 0 N–H and O–H groups in total. The van der Waals surface area contributed by atoms with Gasteiger partial charge in [0.25, 0.3) is 0 Å². The van der Waals surface area contributed by atoms with Crippen molar-refractivity contribution in [1.29, 1.82) is 0 Å². The van der Waals surface area contributed by atoms with Gasteiger partial charge in [-0.2, -0.15) is 0 Å². The van der Waals surface area contributed by atoms with E-state index in [1.165, 1.54) is 17.7 Å². The third-order valence-corrected chi connectivity index (χ3v) is 5.79. The Bertz CT molecular complexity index is 1130. The number of halogens is 2. The molecule has 0 bridgehead atoms. The third kappa shape index (κ3) is 4.58. The Morgan fingerprint density at radius 3 is 2.32 bits per heavy atom. The molecule has 0 amide bonds. The standard InChI is InChI=1S/C27H25ClFNO/c1-18-8-10-20(11-9-18)27-26(28)23(16-17-30(2)3)25(19-12-14-21(29)15-13-19)22-6-4-5-7-24(22)31-27/h4-16,25H,17H2,1-3H3. The molecular weight excluding hydrogens is 409 g/mol. The van der Waals surface area contributed by atoms with Crippen LogP contribution in [0.4, 0.5) is 4.39 Å². The summed E-state index contributed by atoms with van der Waals surface area (Å²) in [4.78, 5) is 2.09. The molecule has 1 atom stereocenters. The minimum atomic E-state index is -0.261. The van der Waals surface area contributed by atoms with E-state index in [0.717, 1.165) is 28.0 Å². The molecule has 0 aliphatic carbocycles. The summed E-state index contributed by atoms with van der Waals surface area (Å²) in [5, 5.41) is 0.566. The predicted octanol–water partition coefficient (Wildman–Crippen LogP) is 6.75. The van der Waals surface area contributed by atoms with E-state index in [2.05, 4.69) is 24.0 Å². The topological polar surface area (TPSA) is 12.5 Å². The fraction of sp³-hybridized carbons (Fsp3) is 0.185. The molecule has 0 saturated carbocycles. The van der Waals surface area contributed by atoms with Crippen molar-refractivity contribution in [1.82, 2.24) is 4.90 Å². The molecule has 0 spiro atoms. The van der Waals surface area contributed by atoms with Crippen LogP contribution >= 0.6 is 11.6 Å². The molecule has 0 saturated heterocycles. The van der Waals surface area contributed by atoms with E-state index in [0.29, 0.717) is 17.3 Å². The molecular formula is C27H25ClFNO. The summed E-state index contributed by atoms with van der Waals surface area (Å²) in [5.74, 6) is 0.942. The first-order valence-electron chi connectivity index (χ1n) is 10.3. The number of fused-ring (bicyclic) bond motifs is 1. The SMILES string of the molecule is Cc1ccc(C2=C(Cl)C(=CCN(C)C)C(c3ccc(F)cc3)c3ccccc3O2)cc1. The van der Waals surface area contributed by atoms with Gasteiger partial charge in [0.15, 0.2) is 5.76 Å². The van der Waals surface area contributed by atoms with Crippen molar-refractivity contribution in [2.24, 2.45) is 0 Å². The summed E-state index contributed by atoms with van der Waals surface area (Å²) in [6.45, 7) is 2.77. The van der Waals surface area contributed by atoms with E-state index in [1.807, 2.05) is 68.7 Å². The van der Waals surface area contributed by atoms with E-state index < -0.39 is 0 Å². The Hall–Kier alpha value is -2.88. The fourth-order valence-electron chi connectivity index (χ4n) is 3.79. The van der Waals surface area contributed by atoms with Crippen molar-refractivity contribution in [3.8, 4) is 5.75 Å². The van der Waals surface area contributed by atoms with Crippen LogP contribution in [0.15, 0.2) is 89.5 Å². The number of hydrogen-bond donors (Lipinski definition) is 0. The van der Waals surface area contributed by atoms with Crippen molar-refractivity contribution < 1.29 is 9.13 Å². The van der Waals surface area contributed by atoms with Crippen LogP contribution in [0.2, 0.25) is 0 Å². The molecule has 2 nitrogen and oxygen atoms in total. The van der Waals surface area contributed by atoms with Crippen LogP contribution in [-0.2, 0) is 0 Å². The number of allylic oxidation sites excluding steroid dienone is 2. The van der Waals surface area contributed by atoms with Crippen molar-refractivity contribution in [3.63, 3.8) is 0 Å². The van der Waals surface area contributed by atoms with Gasteiger partial charge in [-0.05, 0) is 50.4 Å². The summed E-state index contributed by atoms with van der Waals surface area (Å²) >= 11 is 7.07. The lowest BCUT2D eigenvalue weighted by Gasteiger charge is -2.21. The lowest BCUT2D eigenvalue weighted by atomic mass is 9.83. The molecule has 0 aromatic heterocycles. The molecule has 4 heteroatoms. The second-order valence-corrected chi connectivity index (χ2v) is 8.43. The van der Waals surface area contributed by atoms with Crippen LogP contribution in [0.5, 0.6) is 5.75 Å². The second kappa shape index (κ2) is 9.09. The highest BCUT2D eigenvalue weighted by Gasteiger charge is 2.30. The number of ether oxygens (including phenoxy) is 1. The first-order chi connectivity index (χ1) is 14.9. The highest BCUT2D eigenvalue weighted by Crippen LogP contribution is 2.47. The summed E-state index contributed by atoms with van der Waals surface area (Å²) < 4.78 is 20.1. The highest BCUT2D eigenvalue weighted by atomic mass is 35.5. The summed E-state index contributed by atoms with van der Waals surface area (Å²) in [6, 6.07) is 22.7. The zero-order chi connectivity index (χ0) is 22.0. The van der Waals surface area contributed by atoms with Crippen LogP contribution < -0.4 is 4.74 Å². The normalized spacial score (nSPS) is 17.5. The quantitative estimate of drug-likeness (QED) is 0.451. The molecule has 1 aliphatic heterocycles. The monoisotopic (exact) mass is 433 g/mol. The number of aryl methyl sites for hydroxylation is 1. The number of nitrogens with zero attached hydrogens (tertiary/aromatic N) is 1. The summed E-state index contributed by atoms with van der Waals surface area (Å²) in [6.07, 6.45) is 2.13. The van der Waals surface area contributed by atoms with E-state index in [9.17, 15) is 4.39 Å². The lowest BCUT2D eigenvalue weighted by Crippen LogP contribution is -2.13. The van der Waals surface area contributed by atoms with Gasteiger partial charge in [-0.1, -0.05) is 77.8 Å². The second-order valence-electron chi connectivity index (χ2n) is 8.06. The number of hydrogen-bond acceptors (Lipinski definition) is 2. The zero-order valence-electron chi connectivity index (χ0n) is 17.9. The number of likely N-dealkylation sites (N-methyl/N-ethyl adjacent to an activating group) is 1. The third-order valence-electron chi connectivity index (χ3n) is 5.40. The van der Waals surface area contributed by atoms with Crippen molar-refractivity contribution >= 4 is 17.4 Å². The van der Waals surface area contributed by atoms with Gasteiger partial charge in [0.05, 0.1) is 5.03 Å². The maximum atomic E-state index is 13.7. The van der Waals surface area contributed by atoms with Gasteiger partial charge >= 0.3 is 0 Å². The van der Waals surface area contributed by atoms with Gasteiger partial charge in [-0.15, -0.1) is 0 Å². The molecule has 1 heterocycles. The van der Waals surface area contributed by atoms with Crippen LogP contribution in [0.3, 0.4) is 0 Å². The minimum absolute atomic E-state index is 0.174. The van der Waals surface area contributed by atoms with Gasteiger partial charge in [0.2, 0.25) is 0 Å². The van der Waals surface area contributed by atoms with E-state index >= 15 is 0 Å². The van der Waals surface area contributed by atoms with Gasteiger partial charge in [-0.25, -0.2) is 4.39 Å². The number of para-hydroxylation sites is 1. The fourth-order valence-corrected chi connectivity index (χ4v) is 4.12. The van der Waals surface area contributed by atoms with Crippen LogP contribution in [0.1, 0.15) is 28.2 Å². The Balaban J connectivity index is 1.97. The summed E-state index contributed by atoms with van der Waals surface area (Å²) in [7, 11) is 4.03. The first kappa shape index (κ1) is 21.4. The van der Waals surface area contributed by atoms with E-state index in [-0.39, 0.29) is 11.7 Å². The lowest BCUT2D eigenvalue weighted by molar-refractivity contribution is 0.455. The van der Waals surface area contributed by atoms with Gasteiger partial charge in [0.1, 0.15) is 11.6 Å². The average molecular weight is 434 g/mol. The van der Waals surface area contributed by atoms with E-state index in [1.54, 1.807) is 0 Å². The van der Waals surface area contributed by atoms with Crippen molar-refractivity contribution in [3.05, 3.63) is 118 Å². The molecule has 1 unspecified atom stereocenters. The van der Waals surface area contributed by atoms with Gasteiger partial charge < -0.3 is 9.64 Å². The maximum Gasteiger partial charge on any atom is 0.153 e. The Labute approximate surface area is 188 Å². The van der Waals surface area contributed by atoms with Crippen LogP contribution in [-0.4, -0.2) is 25.5 Å². The van der Waals surface area contributed by atoms with Crippen molar-refractivity contribution in [2.75, 3.05) is 20.6 Å². The van der Waals surface area contributed by atoms with E-state index in [4.69, 9.17) is 16.3 Å². The van der Waals surface area contributed by atoms with Gasteiger partial charge in [-0.3, -0.25) is 0 Å².